The lowest BCUT2D eigenvalue weighted by Gasteiger charge is -2.38. The minimum Gasteiger partial charge on any atom is -0.386 e. The van der Waals surface area contributed by atoms with E-state index in [2.05, 4.69) is 0 Å². The first-order valence-electron chi connectivity index (χ1n) is 5.47. The highest BCUT2D eigenvalue weighted by molar-refractivity contribution is 7.51. The summed E-state index contributed by atoms with van der Waals surface area (Å²) in [6.45, 7) is 4.07. The Morgan fingerprint density at radius 2 is 1.62 bits per heavy atom. The molecule has 0 rings (SSSR count). The first kappa shape index (κ1) is 16.1. The first-order valence-corrected chi connectivity index (χ1v) is 7.27. The Hall–Kier alpha value is 0.0700. The molecule has 0 saturated heterocycles. The van der Waals surface area contributed by atoms with Gasteiger partial charge in [0, 0.05) is 6.42 Å². The molecule has 98 valence electrons. The van der Waals surface area contributed by atoms with E-state index < -0.39 is 19.9 Å². The number of rotatable bonds is 6. The Balaban J connectivity index is 4.70. The molecule has 0 radical (unpaired) electrons. The highest BCUT2D eigenvalue weighted by atomic mass is 31.2. The Bertz CT molecular complexity index is 256. The Kier molecular flexibility index (Phi) is 5.63. The molecule has 0 aromatic heterocycles. The van der Waals surface area contributed by atoms with Crippen molar-refractivity contribution >= 4 is 7.60 Å². The summed E-state index contributed by atoms with van der Waals surface area (Å²) >= 11 is 0. The Labute approximate surface area is 97.8 Å². The van der Waals surface area contributed by atoms with Crippen LogP contribution in [0.2, 0.25) is 0 Å². The second kappa shape index (κ2) is 5.61. The molecule has 0 fully saturated rings. The van der Waals surface area contributed by atoms with Crippen LogP contribution in [0, 0.1) is 5.92 Å². The zero-order chi connectivity index (χ0) is 13.1. The fourth-order valence-corrected chi connectivity index (χ4v) is 2.57. The molecular weight excluding hydrogens is 229 g/mol. The van der Waals surface area contributed by atoms with E-state index in [1.807, 2.05) is 35.0 Å². The molecule has 0 amide bonds. The maximum Gasteiger partial charge on any atom is 0.328 e. The Morgan fingerprint density at radius 1 is 1.19 bits per heavy atom. The normalized spacial score (nSPS) is 17.6. The average Bonchev–Trinajstić information content (AvgIpc) is 1.93. The molecule has 2 atom stereocenters. The summed E-state index contributed by atoms with van der Waals surface area (Å²) < 4.78 is 11.4. The summed E-state index contributed by atoms with van der Waals surface area (Å²) in [6, 6.07) is -0.160. The van der Waals surface area contributed by atoms with E-state index in [0.29, 0.717) is 10.4 Å². The number of nitrogens with zero attached hydrogens (tertiary/aromatic N) is 1. The fourth-order valence-electron chi connectivity index (χ4n) is 1.84. The predicted octanol–water partition coefficient (Wildman–Crippen LogP) is 0.646. The SMILES string of the molecule is CC(C)C[C@@H]([C@H](O)CP(=O)(O)O)[N+](C)(C)C. The third-order valence-electron chi connectivity index (χ3n) is 2.58. The third-order valence-corrected chi connectivity index (χ3v) is 3.43. The lowest BCUT2D eigenvalue weighted by molar-refractivity contribution is -0.900. The van der Waals surface area contributed by atoms with Gasteiger partial charge in [-0.05, 0) is 5.92 Å². The molecule has 0 heterocycles. The molecule has 0 aromatic carbocycles. The predicted molar refractivity (Wildman–Crippen MR) is 64.2 cm³/mol. The van der Waals surface area contributed by atoms with Crippen LogP contribution < -0.4 is 0 Å². The topological polar surface area (TPSA) is 77.8 Å². The van der Waals surface area contributed by atoms with Crippen molar-refractivity contribution in [3.63, 3.8) is 0 Å². The Morgan fingerprint density at radius 3 is 1.88 bits per heavy atom. The van der Waals surface area contributed by atoms with Crippen molar-refractivity contribution in [2.24, 2.45) is 5.92 Å². The molecule has 16 heavy (non-hydrogen) atoms. The summed E-state index contributed by atoms with van der Waals surface area (Å²) in [4.78, 5) is 17.8. The van der Waals surface area contributed by atoms with Crippen molar-refractivity contribution in [3.8, 4) is 0 Å². The van der Waals surface area contributed by atoms with Gasteiger partial charge in [-0.1, -0.05) is 13.8 Å². The zero-order valence-corrected chi connectivity index (χ0v) is 11.7. The first-order chi connectivity index (χ1) is 6.93. The van der Waals surface area contributed by atoms with Crippen molar-refractivity contribution in [2.45, 2.75) is 32.4 Å². The summed E-state index contributed by atoms with van der Waals surface area (Å²) in [5, 5.41) is 9.92. The monoisotopic (exact) mass is 254 g/mol. The maximum absolute atomic E-state index is 10.9. The van der Waals surface area contributed by atoms with Crippen LogP contribution >= 0.6 is 7.60 Å². The number of aliphatic hydroxyl groups is 1. The zero-order valence-electron chi connectivity index (χ0n) is 10.8. The van der Waals surface area contributed by atoms with Gasteiger partial charge in [-0.15, -0.1) is 0 Å². The lowest BCUT2D eigenvalue weighted by atomic mass is 9.97. The number of aliphatic hydroxyl groups excluding tert-OH is 1. The maximum atomic E-state index is 10.9. The van der Waals surface area contributed by atoms with Gasteiger partial charge in [0.1, 0.15) is 12.1 Å². The van der Waals surface area contributed by atoms with Gasteiger partial charge in [-0.25, -0.2) is 0 Å². The molecule has 0 aromatic rings. The minimum atomic E-state index is -4.15. The van der Waals surface area contributed by atoms with Gasteiger partial charge < -0.3 is 19.4 Å². The van der Waals surface area contributed by atoms with E-state index in [9.17, 15) is 9.67 Å². The second-order valence-electron chi connectivity index (χ2n) is 5.73. The van der Waals surface area contributed by atoms with E-state index in [1.165, 1.54) is 0 Å². The lowest BCUT2D eigenvalue weighted by Crippen LogP contribution is -2.53. The van der Waals surface area contributed by atoms with E-state index in [-0.39, 0.29) is 6.04 Å². The van der Waals surface area contributed by atoms with Gasteiger partial charge >= 0.3 is 7.60 Å². The number of hydrogen-bond donors (Lipinski definition) is 3. The molecule has 0 saturated carbocycles. The van der Waals surface area contributed by atoms with Gasteiger partial charge in [0.2, 0.25) is 0 Å². The van der Waals surface area contributed by atoms with Crippen molar-refractivity contribution < 1.29 is 23.9 Å². The standard InChI is InChI=1S/C10H24NO4P/c1-8(2)6-9(11(3,4)5)10(12)7-16(13,14)15/h8-10,12H,6-7H2,1-5H3,(H-,13,14,15)/p+1/t9-,10+/m0/s1. The molecular formula is C10H25NO4P+. The van der Waals surface area contributed by atoms with Gasteiger partial charge in [-0.3, -0.25) is 4.57 Å². The molecule has 5 nitrogen and oxygen atoms in total. The molecule has 0 spiro atoms. The van der Waals surface area contributed by atoms with Crippen LogP contribution in [0.4, 0.5) is 0 Å². The summed E-state index contributed by atoms with van der Waals surface area (Å²) in [5.74, 6) is 0.383. The summed E-state index contributed by atoms with van der Waals surface area (Å²) in [7, 11) is 1.63. The van der Waals surface area contributed by atoms with Crippen molar-refractivity contribution in [1.29, 1.82) is 0 Å². The van der Waals surface area contributed by atoms with E-state index in [1.54, 1.807) is 0 Å². The largest absolute Gasteiger partial charge is 0.386 e. The van der Waals surface area contributed by atoms with Crippen molar-refractivity contribution in [1.82, 2.24) is 0 Å². The molecule has 0 aliphatic rings. The van der Waals surface area contributed by atoms with Crippen molar-refractivity contribution in [2.75, 3.05) is 27.3 Å². The summed E-state index contributed by atoms with van der Waals surface area (Å²) in [6.07, 6.45) is -0.687. The van der Waals surface area contributed by atoms with Gasteiger partial charge in [0.15, 0.2) is 0 Å². The van der Waals surface area contributed by atoms with E-state index in [4.69, 9.17) is 9.79 Å². The van der Waals surface area contributed by atoms with Crippen LogP contribution in [0.3, 0.4) is 0 Å². The van der Waals surface area contributed by atoms with Crippen LogP contribution in [0.25, 0.3) is 0 Å². The van der Waals surface area contributed by atoms with Gasteiger partial charge in [-0.2, -0.15) is 0 Å². The highest BCUT2D eigenvalue weighted by Gasteiger charge is 2.35. The van der Waals surface area contributed by atoms with Crippen molar-refractivity contribution in [3.05, 3.63) is 0 Å². The van der Waals surface area contributed by atoms with Crippen LogP contribution in [-0.2, 0) is 4.57 Å². The smallest absolute Gasteiger partial charge is 0.328 e. The van der Waals surface area contributed by atoms with Crippen LogP contribution in [0.1, 0.15) is 20.3 Å². The fraction of sp³-hybridized carbons (Fsp3) is 1.00. The van der Waals surface area contributed by atoms with Crippen LogP contribution in [-0.4, -0.2) is 58.8 Å². The molecule has 0 bridgehead atoms. The van der Waals surface area contributed by atoms with E-state index >= 15 is 0 Å². The highest BCUT2D eigenvalue weighted by Crippen LogP contribution is 2.37. The van der Waals surface area contributed by atoms with Gasteiger partial charge in [0.05, 0.1) is 27.3 Å². The number of quaternary nitrogens is 1. The average molecular weight is 254 g/mol. The molecule has 0 aliphatic heterocycles. The molecule has 6 heteroatoms. The van der Waals surface area contributed by atoms with E-state index in [0.717, 1.165) is 6.42 Å². The van der Waals surface area contributed by atoms with Crippen LogP contribution in [0.5, 0.6) is 0 Å². The molecule has 0 unspecified atom stereocenters. The molecule has 3 N–H and O–H groups in total. The minimum absolute atomic E-state index is 0.160. The summed E-state index contributed by atoms with van der Waals surface area (Å²) in [5.41, 5.74) is 0. The quantitative estimate of drug-likeness (QED) is 0.480. The third kappa shape index (κ3) is 6.61. The number of hydrogen-bond acceptors (Lipinski definition) is 2. The molecule has 0 aliphatic carbocycles. The second-order valence-corrected chi connectivity index (χ2v) is 7.42. The van der Waals surface area contributed by atoms with Gasteiger partial charge in [0.25, 0.3) is 0 Å². The number of likely N-dealkylation sites (N-methyl/N-ethyl adjacent to an activating group) is 1. The van der Waals surface area contributed by atoms with Crippen LogP contribution in [0.15, 0.2) is 0 Å².